The summed E-state index contributed by atoms with van der Waals surface area (Å²) in [6.07, 6.45) is -3.13. The molecule has 0 aliphatic carbocycles. The molecule has 4 heteroatoms. The Labute approximate surface area is 63.1 Å². The molecular weight excluding hydrogens is 155 g/mol. The molecule has 0 fully saturated rings. The lowest BCUT2D eigenvalue weighted by atomic mass is 10.0. The summed E-state index contributed by atoms with van der Waals surface area (Å²) in [4.78, 5) is 0. The van der Waals surface area contributed by atoms with Gasteiger partial charge >= 0.3 is 6.18 Å². The van der Waals surface area contributed by atoms with Crippen molar-refractivity contribution >= 4 is 0 Å². The van der Waals surface area contributed by atoms with E-state index in [0.717, 1.165) is 6.92 Å². The van der Waals surface area contributed by atoms with E-state index < -0.39 is 12.1 Å². The largest absolute Gasteiger partial charge is 0.396 e. The van der Waals surface area contributed by atoms with E-state index >= 15 is 0 Å². The summed E-state index contributed by atoms with van der Waals surface area (Å²) in [5.41, 5.74) is -0.238. The first-order valence-corrected chi connectivity index (χ1v) is 3.06. The van der Waals surface area contributed by atoms with Crippen molar-refractivity contribution in [3.63, 3.8) is 0 Å². The number of allylic oxidation sites excluding steroid dienone is 2. The molecule has 0 saturated carbocycles. The Morgan fingerprint density at radius 2 is 2.00 bits per heavy atom. The van der Waals surface area contributed by atoms with Crippen LogP contribution in [0.2, 0.25) is 0 Å². The third-order valence-electron chi connectivity index (χ3n) is 1.40. The number of nitrogens with zero attached hydrogens (tertiary/aromatic N) is 1. The molecular formula is C7H8F3N. The predicted octanol–water partition coefficient (Wildman–Crippen LogP) is 2.65. The highest BCUT2D eigenvalue weighted by molar-refractivity contribution is 5.23. The standard InChI is InChI=1S/C7H8F3N/c1-3-6(4-11)5(2)7(8,9)10/h3,5H,1-2H3/b6-3-/t5-/m0/s1. The zero-order valence-corrected chi connectivity index (χ0v) is 6.24. The van der Waals surface area contributed by atoms with Crippen molar-refractivity contribution in [3.05, 3.63) is 11.6 Å². The smallest absolute Gasteiger partial charge is 0.193 e. The highest BCUT2D eigenvalue weighted by atomic mass is 19.4. The molecule has 0 saturated heterocycles. The van der Waals surface area contributed by atoms with Crippen LogP contribution in [0.4, 0.5) is 13.2 Å². The van der Waals surface area contributed by atoms with Crippen LogP contribution >= 0.6 is 0 Å². The molecule has 1 atom stereocenters. The Morgan fingerprint density at radius 1 is 1.55 bits per heavy atom. The topological polar surface area (TPSA) is 23.8 Å². The molecule has 0 bridgehead atoms. The van der Waals surface area contributed by atoms with Gasteiger partial charge in [0, 0.05) is 5.57 Å². The molecule has 0 heterocycles. The zero-order valence-electron chi connectivity index (χ0n) is 6.24. The predicted molar refractivity (Wildman–Crippen MR) is 34.6 cm³/mol. The van der Waals surface area contributed by atoms with E-state index in [1.54, 1.807) is 0 Å². The molecule has 0 aliphatic rings. The van der Waals surface area contributed by atoms with Gasteiger partial charge in [-0.1, -0.05) is 6.08 Å². The summed E-state index contributed by atoms with van der Waals surface area (Å²) in [7, 11) is 0. The average Bonchev–Trinajstić information content (AvgIpc) is 1.88. The van der Waals surface area contributed by atoms with Gasteiger partial charge in [0.25, 0.3) is 0 Å². The summed E-state index contributed by atoms with van der Waals surface area (Å²) >= 11 is 0. The minimum atomic E-state index is -4.31. The fraction of sp³-hybridized carbons (Fsp3) is 0.571. The first-order chi connectivity index (χ1) is 4.93. The summed E-state index contributed by atoms with van der Waals surface area (Å²) < 4.78 is 35.6. The Kier molecular flexibility index (Phi) is 3.12. The van der Waals surface area contributed by atoms with Crippen molar-refractivity contribution in [1.29, 1.82) is 5.26 Å². The minimum absolute atomic E-state index is 0.238. The molecule has 0 unspecified atom stereocenters. The Hall–Kier alpha value is -0.980. The van der Waals surface area contributed by atoms with E-state index in [2.05, 4.69) is 0 Å². The maximum absolute atomic E-state index is 11.9. The molecule has 0 radical (unpaired) electrons. The van der Waals surface area contributed by atoms with Gasteiger partial charge in [0.1, 0.15) is 0 Å². The normalized spacial score (nSPS) is 15.8. The lowest BCUT2D eigenvalue weighted by Crippen LogP contribution is -2.21. The van der Waals surface area contributed by atoms with Gasteiger partial charge in [0.2, 0.25) is 0 Å². The quantitative estimate of drug-likeness (QED) is 0.545. The van der Waals surface area contributed by atoms with Gasteiger partial charge in [-0.3, -0.25) is 0 Å². The average molecular weight is 163 g/mol. The molecule has 11 heavy (non-hydrogen) atoms. The molecule has 1 nitrogen and oxygen atoms in total. The van der Waals surface area contributed by atoms with E-state index in [9.17, 15) is 13.2 Å². The fourth-order valence-corrected chi connectivity index (χ4v) is 0.588. The van der Waals surface area contributed by atoms with Crippen LogP contribution in [0.25, 0.3) is 0 Å². The number of nitriles is 1. The van der Waals surface area contributed by atoms with Crippen LogP contribution in [0.3, 0.4) is 0 Å². The van der Waals surface area contributed by atoms with E-state index in [-0.39, 0.29) is 5.57 Å². The Morgan fingerprint density at radius 3 is 2.09 bits per heavy atom. The molecule has 0 aliphatic heterocycles. The Balaban J connectivity index is 4.51. The number of rotatable bonds is 1. The van der Waals surface area contributed by atoms with Gasteiger partial charge in [0.05, 0.1) is 12.0 Å². The monoisotopic (exact) mass is 163 g/mol. The molecule has 62 valence electrons. The van der Waals surface area contributed by atoms with Gasteiger partial charge in [0.15, 0.2) is 0 Å². The summed E-state index contributed by atoms with van der Waals surface area (Å²) in [6.45, 7) is 2.39. The fourth-order valence-electron chi connectivity index (χ4n) is 0.588. The second-order valence-electron chi connectivity index (χ2n) is 2.12. The first-order valence-electron chi connectivity index (χ1n) is 3.06. The summed E-state index contributed by atoms with van der Waals surface area (Å²) in [6, 6.07) is 1.50. The van der Waals surface area contributed by atoms with Crippen LogP contribution < -0.4 is 0 Å². The summed E-state index contributed by atoms with van der Waals surface area (Å²) in [5.74, 6) is -1.66. The molecule has 0 aromatic rings. The van der Waals surface area contributed by atoms with E-state index in [0.29, 0.717) is 0 Å². The maximum Gasteiger partial charge on any atom is 0.396 e. The van der Waals surface area contributed by atoms with Crippen molar-refractivity contribution < 1.29 is 13.2 Å². The number of halogens is 3. The number of hydrogen-bond acceptors (Lipinski definition) is 1. The van der Waals surface area contributed by atoms with Gasteiger partial charge < -0.3 is 0 Å². The maximum atomic E-state index is 11.9. The number of hydrogen-bond donors (Lipinski definition) is 0. The van der Waals surface area contributed by atoms with E-state index in [4.69, 9.17) is 5.26 Å². The van der Waals surface area contributed by atoms with E-state index in [1.807, 2.05) is 0 Å². The third kappa shape index (κ3) is 2.62. The highest BCUT2D eigenvalue weighted by Crippen LogP contribution is 2.30. The summed E-state index contributed by atoms with van der Waals surface area (Å²) in [5, 5.41) is 8.24. The van der Waals surface area contributed by atoms with Crippen molar-refractivity contribution in [3.8, 4) is 6.07 Å². The molecule has 0 spiro atoms. The minimum Gasteiger partial charge on any atom is -0.193 e. The van der Waals surface area contributed by atoms with Gasteiger partial charge in [-0.15, -0.1) is 0 Å². The van der Waals surface area contributed by atoms with E-state index in [1.165, 1.54) is 19.1 Å². The molecule has 0 aromatic carbocycles. The molecule has 0 N–H and O–H groups in total. The SMILES string of the molecule is C/C=C(/C#N)[C@H](C)C(F)(F)F. The zero-order chi connectivity index (χ0) is 9.07. The lowest BCUT2D eigenvalue weighted by molar-refractivity contribution is -0.158. The van der Waals surface area contributed by atoms with Crippen LogP contribution in [0.5, 0.6) is 0 Å². The molecule has 0 rings (SSSR count). The van der Waals surface area contributed by atoms with Crippen LogP contribution in [-0.2, 0) is 0 Å². The lowest BCUT2D eigenvalue weighted by Gasteiger charge is -2.13. The van der Waals surface area contributed by atoms with Crippen molar-refractivity contribution in [2.24, 2.45) is 5.92 Å². The Bertz CT molecular complexity index is 197. The van der Waals surface area contributed by atoms with Crippen molar-refractivity contribution in [2.75, 3.05) is 0 Å². The van der Waals surface area contributed by atoms with Gasteiger partial charge in [-0.2, -0.15) is 18.4 Å². The second kappa shape index (κ2) is 3.42. The third-order valence-corrected chi connectivity index (χ3v) is 1.40. The van der Waals surface area contributed by atoms with Crippen LogP contribution in [-0.4, -0.2) is 6.18 Å². The second-order valence-corrected chi connectivity index (χ2v) is 2.12. The first kappa shape index (κ1) is 10.0. The van der Waals surface area contributed by atoms with Crippen LogP contribution in [0, 0.1) is 17.2 Å². The highest BCUT2D eigenvalue weighted by Gasteiger charge is 2.38. The van der Waals surface area contributed by atoms with Crippen LogP contribution in [0.1, 0.15) is 13.8 Å². The molecule has 0 amide bonds. The van der Waals surface area contributed by atoms with Gasteiger partial charge in [-0.05, 0) is 13.8 Å². The van der Waals surface area contributed by atoms with Gasteiger partial charge in [-0.25, -0.2) is 0 Å². The number of alkyl halides is 3. The molecule has 0 aromatic heterocycles. The van der Waals surface area contributed by atoms with Crippen molar-refractivity contribution in [2.45, 2.75) is 20.0 Å². The van der Waals surface area contributed by atoms with Crippen molar-refractivity contribution in [1.82, 2.24) is 0 Å². The van der Waals surface area contributed by atoms with Crippen LogP contribution in [0.15, 0.2) is 11.6 Å².